The number of H-pyrrole nitrogens is 1. The molecule has 1 saturated heterocycles. The summed E-state index contributed by atoms with van der Waals surface area (Å²) in [5.74, 6) is -3.02. The van der Waals surface area contributed by atoms with E-state index in [0.29, 0.717) is 15.6 Å². The number of aromatic amines is 1. The molecule has 0 aliphatic carbocycles. The van der Waals surface area contributed by atoms with Gasteiger partial charge in [0.15, 0.2) is 0 Å². The third-order valence-corrected chi connectivity index (χ3v) is 8.40. The van der Waals surface area contributed by atoms with E-state index in [0.717, 1.165) is 38.5 Å². The lowest BCUT2D eigenvalue weighted by Crippen LogP contribution is -2.32. The number of carbonyl (C=O) groups is 2. The number of anilines is 1. The number of aromatic nitrogens is 1. The van der Waals surface area contributed by atoms with Gasteiger partial charge in [-0.3, -0.25) is 24.5 Å². The van der Waals surface area contributed by atoms with Gasteiger partial charge < -0.3 is 10.1 Å². The van der Waals surface area contributed by atoms with Gasteiger partial charge in [0.2, 0.25) is 11.8 Å². The van der Waals surface area contributed by atoms with Crippen molar-refractivity contribution in [2.45, 2.75) is 16.2 Å². The molecule has 2 N–H and O–H groups in total. The molecular formula is C20H12BrN3O6S2. The van der Waals surface area contributed by atoms with E-state index in [1.54, 1.807) is 24.3 Å². The summed E-state index contributed by atoms with van der Waals surface area (Å²) in [5, 5.41) is 21.5. The van der Waals surface area contributed by atoms with E-state index in [1.165, 1.54) is 12.1 Å². The third-order valence-electron chi connectivity index (χ3n) is 5.47. The molecule has 0 radical (unpaired) electrons. The number of amides is 2. The van der Waals surface area contributed by atoms with Crippen LogP contribution < -0.4 is 9.77 Å². The summed E-state index contributed by atoms with van der Waals surface area (Å²) < 4.78 is 0.784. The van der Waals surface area contributed by atoms with E-state index >= 15 is 0 Å². The van der Waals surface area contributed by atoms with Gasteiger partial charge in [0.25, 0.3) is 5.69 Å². The van der Waals surface area contributed by atoms with E-state index < -0.39 is 33.8 Å². The van der Waals surface area contributed by atoms with Crippen LogP contribution in [-0.2, 0) is 9.59 Å². The van der Waals surface area contributed by atoms with Gasteiger partial charge in [0.1, 0.15) is 11.0 Å². The fourth-order valence-corrected chi connectivity index (χ4v) is 6.87. The van der Waals surface area contributed by atoms with Gasteiger partial charge in [-0.25, -0.2) is 4.90 Å². The minimum atomic E-state index is -0.942. The Hall–Kier alpha value is -2.96. The quantitative estimate of drug-likeness (QED) is 0.298. The van der Waals surface area contributed by atoms with E-state index in [-0.39, 0.29) is 21.9 Å². The first kappa shape index (κ1) is 20.9. The summed E-state index contributed by atoms with van der Waals surface area (Å²) in [6.45, 7) is 0. The fourth-order valence-electron chi connectivity index (χ4n) is 4.10. The highest BCUT2D eigenvalue weighted by atomic mass is 79.9. The number of fused-ring (bicyclic) bond motifs is 2. The molecule has 0 bridgehead atoms. The number of rotatable bonds is 3. The van der Waals surface area contributed by atoms with Crippen molar-refractivity contribution in [2.75, 3.05) is 4.90 Å². The Bertz CT molecular complexity index is 1350. The topological polar surface area (TPSA) is 134 Å². The van der Waals surface area contributed by atoms with Gasteiger partial charge in [-0.15, -0.1) is 0 Å². The van der Waals surface area contributed by atoms with E-state index in [4.69, 9.17) is 0 Å². The van der Waals surface area contributed by atoms with Gasteiger partial charge in [-0.2, -0.15) is 0 Å². The van der Waals surface area contributed by atoms with Crippen LogP contribution in [0, 0.1) is 16.0 Å². The number of imide groups is 1. The normalized spacial score (nSPS) is 22.0. The first-order valence-electron chi connectivity index (χ1n) is 9.26. The van der Waals surface area contributed by atoms with Crippen LogP contribution >= 0.6 is 39.0 Å². The molecule has 5 rings (SSSR count). The smallest absolute Gasteiger partial charge is 0.305 e. The summed E-state index contributed by atoms with van der Waals surface area (Å²) in [5.41, 5.74) is 0.264. The van der Waals surface area contributed by atoms with E-state index in [2.05, 4.69) is 20.9 Å². The van der Waals surface area contributed by atoms with Crippen LogP contribution in [0.2, 0.25) is 0 Å². The van der Waals surface area contributed by atoms with E-state index in [9.17, 15) is 29.6 Å². The number of thiazole rings is 1. The molecule has 3 atom stereocenters. The summed E-state index contributed by atoms with van der Waals surface area (Å²) in [6.07, 6.45) is 0. The number of nitro benzene ring substituents is 1. The van der Waals surface area contributed by atoms with Crippen molar-refractivity contribution in [3.8, 4) is 5.75 Å². The maximum Gasteiger partial charge on any atom is 0.305 e. The van der Waals surface area contributed by atoms with Crippen LogP contribution in [0.4, 0.5) is 11.4 Å². The molecule has 12 heteroatoms. The van der Waals surface area contributed by atoms with Crippen LogP contribution in [0.5, 0.6) is 5.75 Å². The lowest BCUT2D eigenvalue weighted by Gasteiger charge is -2.30. The second-order valence-electron chi connectivity index (χ2n) is 7.24. The number of non-ortho nitro benzene ring substituents is 1. The number of phenolic OH excluding ortho intramolecular Hbond substituents is 1. The van der Waals surface area contributed by atoms with Crippen molar-refractivity contribution in [1.82, 2.24) is 4.98 Å². The highest BCUT2D eigenvalue weighted by Gasteiger charge is 2.56. The SMILES string of the molecule is O=C1C2Sc3[nH]c(=O)sc3C(c3cc([N+](=O)[O-])ccc3O)C2C(=O)N1c1ccc(Br)cc1. The Morgan fingerprint density at radius 2 is 1.81 bits per heavy atom. The number of carbonyl (C=O) groups excluding carboxylic acids is 2. The van der Waals surface area contributed by atoms with Gasteiger partial charge in [0.05, 0.1) is 21.6 Å². The molecule has 2 aliphatic heterocycles. The number of thioether (sulfide) groups is 1. The standard InChI is InChI=1S/C20H12BrN3O6S2/c21-8-1-3-9(4-2-8)23-18(26)14-13(11-7-10(24(29)30)5-6-12(11)25)15-17(22-20(28)32-15)31-16(14)19(23)27/h1-7,13-14,16,25H,(H,22,28). The third kappa shape index (κ3) is 3.17. The van der Waals surface area contributed by atoms with Crippen LogP contribution in [0.25, 0.3) is 0 Å². The Morgan fingerprint density at radius 1 is 1.09 bits per heavy atom. The van der Waals surface area contributed by atoms with Crippen molar-refractivity contribution in [1.29, 1.82) is 0 Å². The van der Waals surface area contributed by atoms with Crippen molar-refractivity contribution in [2.24, 2.45) is 5.92 Å². The molecule has 0 saturated carbocycles. The molecule has 2 aliphatic rings. The molecule has 9 nitrogen and oxygen atoms in total. The van der Waals surface area contributed by atoms with Crippen molar-refractivity contribution >= 4 is 62.2 Å². The van der Waals surface area contributed by atoms with E-state index in [1.807, 2.05) is 0 Å². The average molecular weight is 534 g/mol. The number of hydrogen-bond donors (Lipinski definition) is 2. The molecule has 0 spiro atoms. The molecule has 2 amide bonds. The molecule has 32 heavy (non-hydrogen) atoms. The second kappa shape index (κ2) is 7.57. The monoisotopic (exact) mass is 533 g/mol. The average Bonchev–Trinajstić information content (AvgIpc) is 3.24. The second-order valence-corrected chi connectivity index (χ2v) is 10.3. The number of nitrogens with zero attached hydrogens (tertiary/aromatic N) is 2. The number of aromatic hydroxyl groups is 1. The molecule has 2 aromatic carbocycles. The molecule has 1 aromatic heterocycles. The van der Waals surface area contributed by atoms with Crippen LogP contribution in [-0.4, -0.2) is 32.1 Å². The number of benzene rings is 2. The number of nitro groups is 1. The fraction of sp³-hybridized carbons (Fsp3) is 0.150. The van der Waals surface area contributed by atoms with Crippen molar-refractivity contribution in [3.05, 3.63) is 77.2 Å². The summed E-state index contributed by atoms with van der Waals surface area (Å²) in [4.78, 5) is 53.6. The number of phenols is 1. The first-order chi connectivity index (χ1) is 15.3. The number of nitrogens with one attached hydrogen (secondary N) is 1. The maximum absolute atomic E-state index is 13.5. The Kier molecular flexibility index (Phi) is 4.95. The minimum Gasteiger partial charge on any atom is -0.508 e. The first-order valence-corrected chi connectivity index (χ1v) is 11.8. The van der Waals surface area contributed by atoms with Crippen LogP contribution in [0.3, 0.4) is 0 Å². The largest absolute Gasteiger partial charge is 0.508 e. The van der Waals surface area contributed by atoms with Gasteiger partial charge in [-0.05, 0) is 30.3 Å². The lowest BCUT2D eigenvalue weighted by molar-refractivity contribution is -0.385. The molecule has 162 valence electrons. The maximum atomic E-state index is 13.5. The molecular weight excluding hydrogens is 522 g/mol. The summed E-state index contributed by atoms with van der Waals surface area (Å²) in [6, 6.07) is 10.2. The molecule has 3 unspecified atom stereocenters. The van der Waals surface area contributed by atoms with Crippen LogP contribution in [0.15, 0.2) is 56.8 Å². The minimum absolute atomic E-state index is 0.129. The number of halogens is 1. The van der Waals surface area contributed by atoms with Gasteiger partial charge in [0, 0.05) is 33.0 Å². The zero-order chi connectivity index (χ0) is 22.7. The molecule has 1 fully saturated rings. The van der Waals surface area contributed by atoms with Crippen molar-refractivity contribution < 1.29 is 19.6 Å². The zero-order valence-electron chi connectivity index (χ0n) is 15.9. The Morgan fingerprint density at radius 3 is 2.50 bits per heavy atom. The highest BCUT2D eigenvalue weighted by molar-refractivity contribution is 9.10. The van der Waals surface area contributed by atoms with Gasteiger partial charge in [-0.1, -0.05) is 39.0 Å². The zero-order valence-corrected chi connectivity index (χ0v) is 19.1. The number of hydrogen-bond acceptors (Lipinski definition) is 8. The van der Waals surface area contributed by atoms with Crippen LogP contribution in [0.1, 0.15) is 16.4 Å². The predicted molar refractivity (Wildman–Crippen MR) is 121 cm³/mol. The summed E-state index contributed by atoms with van der Waals surface area (Å²) >= 11 is 5.29. The Balaban J connectivity index is 1.69. The predicted octanol–water partition coefficient (Wildman–Crippen LogP) is 3.61. The highest BCUT2D eigenvalue weighted by Crippen LogP contribution is 2.54. The Labute approximate surface area is 196 Å². The molecule has 3 heterocycles. The lowest BCUT2D eigenvalue weighted by atomic mass is 9.82. The van der Waals surface area contributed by atoms with Gasteiger partial charge >= 0.3 is 4.87 Å². The van der Waals surface area contributed by atoms with Crippen molar-refractivity contribution in [3.63, 3.8) is 0 Å². The molecule has 3 aromatic rings. The summed E-state index contributed by atoms with van der Waals surface area (Å²) in [7, 11) is 0.